The minimum atomic E-state index is -3.62. The predicted molar refractivity (Wildman–Crippen MR) is 89.3 cm³/mol. The van der Waals surface area contributed by atoms with Crippen LogP contribution in [0.3, 0.4) is 0 Å². The van der Waals surface area contributed by atoms with Gasteiger partial charge < -0.3 is 9.47 Å². The number of amides is 1. The topological polar surface area (TPSA) is 51.0 Å². The van der Waals surface area contributed by atoms with E-state index in [0.29, 0.717) is 18.5 Å². The largest absolute Gasteiger partial charge is 0.366 e. The fourth-order valence-electron chi connectivity index (χ4n) is 3.43. The third-order valence-corrected chi connectivity index (χ3v) is 4.72. The molecule has 0 spiro atoms. The number of alkyl halides is 2. The van der Waals surface area contributed by atoms with E-state index in [1.165, 1.54) is 11.1 Å². The summed E-state index contributed by atoms with van der Waals surface area (Å²) in [6.07, 6.45) is 7.17. The van der Waals surface area contributed by atoms with Crippen LogP contribution in [0.1, 0.15) is 42.9 Å². The van der Waals surface area contributed by atoms with Gasteiger partial charge in [0.1, 0.15) is 11.5 Å². The number of rotatable bonds is 4. The fourth-order valence-corrected chi connectivity index (χ4v) is 3.43. The second kappa shape index (κ2) is 6.90. The highest BCUT2D eigenvalue weighted by Crippen LogP contribution is 2.33. The minimum Gasteiger partial charge on any atom is -0.335 e. The van der Waals surface area contributed by atoms with Crippen molar-refractivity contribution in [2.45, 2.75) is 45.1 Å². The Balaban J connectivity index is 1.81. The molecule has 2 aromatic heterocycles. The highest BCUT2D eigenvalue weighted by atomic mass is 19.3. The summed E-state index contributed by atoms with van der Waals surface area (Å²) in [5.41, 5.74) is -0.142. The molecule has 2 aromatic rings. The van der Waals surface area contributed by atoms with Crippen LogP contribution in [0.4, 0.5) is 8.78 Å². The summed E-state index contributed by atoms with van der Waals surface area (Å²) in [5, 5.41) is 0. The number of piperidine rings is 1. The molecule has 5 nitrogen and oxygen atoms in total. The zero-order valence-electron chi connectivity index (χ0n) is 14.5. The number of aryl methyl sites for hydroxylation is 2. The maximum atomic E-state index is 14.7. The molecule has 3 rings (SSSR count). The summed E-state index contributed by atoms with van der Waals surface area (Å²) < 4.78 is 31.5. The maximum Gasteiger partial charge on any atom is 0.366 e. The van der Waals surface area contributed by atoms with Crippen LogP contribution >= 0.6 is 0 Å². The van der Waals surface area contributed by atoms with Crippen LogP contribution in [-0.4, -0.2) is 38.4 Å². The molecule has 0 saturated carbocycles. The maximum absolute atomic E-state index is 14.7. The molecule has 0 unspecified atom stereocenters. The smallest absolute Gasteiger partial charge is 0.335 e. The van der Waals surface area contributed by atoms with Crippen molar-refractivity contribution in [2.75, 3.05) is 13.1 Å². The Hall–Kier alpha value is -2.31. The van der Waals surface area contributed by atoms with E-state index in [9.17, 15) is 13.6 Å². The van der Waals surface area contributed by atoms with Gasteiger partial charge in [0.25, 0.3) is 5.91 Å². The molecule has 25 heavy (non-hydrogen) atoms. The molecular formula is C18H22F2N4O. The number of likely N-dealkylation sites (tertiary alicyclic amines) is 1. The highest BCUT2D eigenvalue weighted by Gasteiger charge is 2.47. The predicted octanol–water partition coefficient (Wildman–Crippen LogP) is 3.10. The van der Waals surface area contributed by atoms with Crippen molar-refractivity contribution < 1.29 is 13.6 Å². The number of hydrogen-bond acceptors (Lipinski definition) is 3. The minimum absolute atomic E-state index is 0.0178. The van der Waals surface area contributed by atoms with Crippen molar-refractivity contribution in [1.82, 2.24) is 19.4 Å². The first-order valence-corrected chi connectivity index (χ1v) is 8.56. The zero-order chi connectivity index (χ0) is 18.0. The van der Waals surface area contributed by atoms with Gasteiger partial charge >= 0.3 is 5.92 Å². The van der Waals surface area contributed by atoms with Gasteiger partial charge in [-0.25, -0.2) is 4.98 Å². The molecule has 1 fully saturated rings. The number of carbonyl (C=O) groups excluding carboxylic acids is 1. The monoisotopic (exact) mass is 348 g/mol. The van der Waals surface area contributed by atoms with Crippen molar-refractivity contribution in [3.05, 3.63) is 47.8 Å². The first-order valence-electron chi connectivity index (χ1n) is 8.56. The standard InChI is InChI=1S/C18H22F2N4O/c1-3-15-21-9-11-24(15)14-7-5-10-23(12-14)17(25)18(19,20)16-13(2)6-4-8-22-16/h4,6,8-9,11,14H,3,5,7,10,12H2,1-2H3/t14-/m0/s1. The van der Waals surface area contributed by atoms with E-state index in [0.717, 1.165) is 18.7 Å². The number of aromatic nitrogens is 3. The van der Waals surface area contributed by atoms with Gasteiger partial charge in [-0.15, -0.1) is 0 Å². The fraction of sp³-hybridized carbons (Fsp3) is 0.500. The molecule has 0 radical (unpaired) electrons. The molecule has 1 saturated heterocycles. The molecule has 0 bridgehead atoms. The van der Waals surface area contributed by atoms with Crippen LogP contribution in [-0.2, 0) is 17.1 Å². The lowest BCUT2D eigenvalue weighted by molar-refractivity contribution is -0.161. The molecular weight excluding hydrogens is 326 g/mol. The van der Waals surface area contributed by atoms with E-state index < -0.39 is 17.5 Å². The van der Waals surface area contributed by atoms with Gasteiger partial charge in [-0.1, -0.05) is 13.0 Å². The average Bonchev–Trinajstić information content (AvgIpc) is 3.10. The van der Waals surface area contributed by atoms with Crippen molar-refractivity contribution in [2.24, 2.45) is 0 Å². The number of nitrogens with zero attached hydrogens (tertiary/aromatic N) is 4. The van der Waals surface area contributed by atoms with E-state index in [-0.39, 0.29) is 12.6 Å². The molecule has 7 heteroatoms. The zero-order valence-corrected chi connectivity index (χ0v) is 14.5. The summed E-state index contributed by atoms with van der Waals surface area (Å²) in [6, 6.07) is 3.11. The lowest BCUT2D eigenvalue weighted by atomic mass is 10.0. The van der Waals surface area contributed by atoms with E-state index in [4.69, 9.17) is 0 Å². The molecule has 1 aliphatic heterocycles. The molecule has 134 valence electrons. The normalized spacial score (nSPS) is 18.4. The number of imidazole rings is 1. The van der Waals surface area contributed by atoms with Crippen molar-refractivity contribution >= 4 is 5.91 Å². The van der Waals surface area contributed by atoms with Gasteiger partial charge in [0.2, 0.25) is 0 Å². The van der Waals surface area contributed by atoms with Gasteiger partial charge in [0.05, 0.1) is 6.04 Å². The first-order chi connectivity index (χ1) is 11.9. The van der Waals surface area contributed by atoms with E-state index >= 15 is 0 Å². The van der Waals surface area contributed by atoms with Crippen LogP contribution in [0.25, 0.3) is 0 Å². The second-order valence-corrected chi connectivity index (χ2v) is 6.39. The SMILES string of the molecule is CCc1nccn1[C@H]1CCCN(C(=O)C(F)(F)c2ncccc2C)C1. The summed E-state index contributed by atoms with van der Waals surface area (Å²) >= 11 is 0. The molecule has 1 amide bonds. The van der Waals surface area contributed by atoms with Crippen LogP contribution < -0.4 is 0 Å². The second-order valence-electron chi connectivity index (χ2n) is 6.39. The Labute approximate surface area is 145 Å². The molecule has 1 atom stereocenters. The Kier molecular flexibility index (Phi) is 4.83. The van der Waals surface area contributed by atoms with Gasteiger partial charge in [0, 0.05) is 38.1 Å². The third-order valence-electron chi connectivity index (χ3n) is 4.72. The Bertz CT molecular complexity index is 759. The van der Waals surface area contributed by atoms with Crippen molar-refractivity contribution in [3.63, 3.8) is 0 Å². The van der Waals surface area contributed by atoms with Gasteiger partial charge in [-0.05, 0) is 31.4 Å². The number of carbonyl (C=O) groups is 1. The lowest BCUT2D eigenvalue weighted by Crippen LogP contribution is -2.47. The van der Waals surface area contributed by atoms with E-state index in [1.54, 1.807) is 25.3 Å². The van der Waals surface area contributed by atoms with E-state index in [2.05, 4.69) is 9.97 Å². The van der Waals surface area contributed by atoms with Gasteiger partial charge in [-0.3, -0.25) is 9.78 Å². The Morgan fingerprint density at radius 3 is 2.88 bits per heavy atom. The quantitative estimate of drug-likeness (QED) is 0.853. The summed E-state index contributed by atoms with van der Waals surface area (Å²) in [7, 11) is 0. The van der Waals surface area contributed by atoms with Gasteiger partial charge in [0.15, 0.2) is 0 Å². The molecule has 0 aromatic carbocycles. The molecule has 0 N–H and O–H groups in total. The highest BCUT2D eigenvalue weighted by molar-refractivity contribution is 5.84. The average molecular weight is 348 g/mol. The Morgan fingerprint density at radius 1 is 1.36 bits per heavy atom. The third kappa shape index (κ3) is 3.27. The lowest BCUT2D eigenvalue weighted by Gasteiger charge is -2.35. The van der Waals surface area contributed by atoms with Gasteiger partial charge in [-0.2, -0.15) is 8.78 Å². The summed E-state index contributed by atoms with van der Waals surface area (Å²) in [6.45, 7) is 4.15. The van der Waals surface area contributed by atoms with Crippen LogP contribution in [0.5, 0.6) is 0 Å². The van der Waals surface area contributed by atoms with E-state index in [1.807, 2.05) is 17.7 Å². The summed E-state index contributed by atoms with van der Waals surface area (Å²) in [4.78, 5) is 21.9. The molecule has 0 aliphatic carbocycles. The van der Waals surface area contributed by atoms with Crippen molar-refractivity contribution in [1.29, 1.82) is 0 Å². The molecule has 3 heterocycles. The van der Waals surface area contributed by atoms with Crippen LogP contribution in [0.15, 0.2) is 30.7 Å². The van der Waals surface area contributed by atoms with Crippen LogP contribution in [0, 0.1) is 6.92 Å². The number of halogens is 2. The summed E-state index contributed by atoms with van der Waals surface area (Å²) in [5.74, 6) is -3.88. The molecule has 1 aliphatic rings. The van der Waals surface area contributed by atoms with Crippen LogP contribution in [0.2, 0.25) is 0 Å². The number of hydrogen-bond donors (Lipinski definition) is 0. The Morgan fingerprint density at radius 2 is 2.16 bits per heavy atom. The number of pyridine rings is 1. The first kappa shape index (κ1) is 17.5. The van der Waals surface area contributed by atoms with Crippen molar-refractivity contribution in [3.8, 4) is 0 Å².